The number of nitrogens with two attached hydrogens (primary N) is 1. The number of nitrogen functional groups attached to an aromatic ring is 1. The standard InChI is InChI=1S/C27H32FN5O2/c1-14(2)22-25(29)30-13-31-26(22)32-17(5)20-11-15(3)16(4)23(24(20)35-8)18-9-10-19(21(28)12-18)27(34)33(6)7/h9-13,17H,1H2,2-8H3,(H3,29,30,31,32). The molecule has 0 saturated heterocycles. The van der Waals surface area contributed by atoms with Gasteiger partial charge in [-0.1, -0.05) is 18.7 Å². The van der Waals surface area contributed by atoms with Crippen molar-refractivity contribution in [3.8, 4) is 16.9 Å². The number of halogens is 1. The Morgan fingerprint density at radius 3 is 2.49 bits per heavy atom. The third-order valence-electron chi connectivity index (χ3n) is 6.05. The normalized spacial score (nSPS) is 11.7. The zero-order valence-corrected chi connectivity index (χ0v) is 21.3. The summed E-state index contributed by atoms with van der Waals surface area (Å²) in [5.41, 5.74) is 11.7. The number of nitrogens with one attached hydrogen (secondary N) is 1. The van der Waals surface area contributed by atoms with Gasteiger partial charge in [0, 0.05) is 25.2 Å². The van der Waals surface area contributed by atoms with E-state index in [0.29, 0.717) is 28.5 Å². The van der Waals surface area contributed by atoms with Gasteiger partial charge in [-0.25, -0.2) is 14.4 Å². The highest BCUT2D eigenvalue weighted by Gasteiger charge is 2.23. The third kappa shape index (κ3) is 4.96. The minimum absolute atomic E-state index is 0.0203. The summed E-state index contributed by atoms with van der Waals surface area (Å²) in [4.78, 5) is 22.1. The summed E-state index contributed by atoms with van der Waals surface area (Å²) in [7, 11) is 4.77. The number of benzene rings is 2. The largest absolute Gasteiger partial charge is 0.496 e. The molecule has 0 aliphatic heterocycles. The predicted octanol–water partition coefficient (Wildman–Crippen LogP) is 5.40. The van der Waals surface area contributed by atoms with Crippen molar-refractivity contribution >= 4 is 23.1 Å². The number of aromatic nitrogens is 2. The Balaban J connectivity index is 2.13. The fourth-order valence-corrected chi connectivity index (χ4v) is 4.11. The summed E-state index contributed by atoms with van der Waals surface area (Å²) < 4.78 is 20.9. The van der Waals surface area contributed by atoms with Crippen molar-refractivity contribution in [1.82, 2.24) is 14.9 Å². The van der Waals surface area contributed by atoms with Gasteiger partial charge in [-0.05, 0) is 62.1 Å². The molecule has 0 spiro atoms. The SMILES string of the molecule is C=C(C)c1c(N)ncnc1NC(C)c1cc(C)c(C)c(-c2ccc(C(=O)N(C)C)c(F)c2)c1OC. The van der Waals surface area contributed by atoms with Crippen molar-refractivity contribution < 1.29 is 13.9 Å². The van der Waals surface area contributed by atoms with Gasteiger partial charge in [0.25, 0.3) is 5.91 Å². The Hall–Kier alpha value is -3.94. The highest BCUT2D eigenvalue weighted by molar-refractivity contribution is 5.95. The number of methoxy groups -OCH3 is 1. The van der Waals surface area contributed by atoms with E-state index < -0.39 is 11.7 Å². The summed E-state index contributed by atoms with van der Waals surface area (Å²) in [6.45, 7) is 11.8. The number of rotatable bonds is 7. The summed E-state index contributed by atoms with van der Waals surface area (Å²) in [5.74, 6) is 0.546. The van der Waals surface area contributed by atoms with Crippen LogP contribution >= 0.6 is 0 Å². The van der Waals surface area contributed by atoms with E-state index in [4.69, 9.17) is 10.5 Å². The number of hydrogen-bond acceptors (Lipinski definition) is 6. The molecule has 0 saturated carbocycles. The second-order valence-electron chi connectivity index (χ2n) is 8.84. The first kappa shape index (κ1) is 25.7. The molecule has 2 aromatic carbocycles. The van der Waals surface area contributed by atoms with Crippen LogP contribution in [0.4, 0.5) is 16.0 Å². The maximum atomic E-state index is 15.0. The maximum absolute atomic E-state index is 15.0. The van der Waals surface area contributed by atoms with Crippen LogP contribution in [0.2, 0.25) is 0 Å². The van der Waals surface area contributed by atoms with Crippen molar-refractivity contribution in [1.29, 1.82) is 0 Å². The fourth-order valence-electron chi connectivity index (χ4n) is 4.11. The van der Waals surface area contributed by atoms with Crippen molar-refractivity contribution in [3.05, 3.63) is 70.8 Å². The predicted molar refractivity (Wildman–Crippen MR) is 139 cm³/mol. The summed E-state index contributed by atoms with van der Waals surface area (Å²) in [6, 6.07) is 6.44. The molecule has 0 radical (unpaired) electrons. The molecule has 1 amide bonds. The summed E-state index contributed by atoms with van der Waals surface area (Å²) in [5, 5.41) is 3.40. The molecule has 1 atom stereocenters. The monoisotopic (exact) mass is 477 g/mol. The molecule has 0 bridgehead atoms. The fraction of sp³-hybridized carbons (Fsp3) is 0.296. The number of nitrogens with zero attached hydrogens (tertiary/aromatic N) is 3. The van der Waals surface area contributed by atoms with E-state index in [1.807, 2.05) is 33.8 Å². The number of amides is 1. The highest BCUT2D eigenvalue weighted by atomic mass is 19.1. The minimum atomic E-state index is -0.584. The zero-order chi connectivity index (χ0) is 26.0. The van der Waals surface area contributed by atoms with Crippen LogP contribution in [-0.2, 0) is 0 Å². The molecule has 3 aromatic rings. The Morgan fingerprint density at radius 2 is 1.91 bits per heavy atom. The lowest BCUT2D eigenvalue weighted by Gasteiger charge is -2.24. The number of ether oxygens (including phenoxy) is 1. The molecule has 0 fully saturated rings. The molecule has 8 heteroatoms. The average molecular weight is 478 g/mol. The number of allylic oxidation sites excluding steroid dienone is 1. The van der Waals surface area contributed by atoms with Gasteiger partial charge in [-0.2, -0.15) is 0 Å². The Kier molecular flexibility index (Phi) is 7.43. The van der Waals surface area contributed by atoms with Gasteiger partial charge in [0.2, 0.25) is 0 Å². The van der Waals surface area contributed by atoms with Crippen LogP contribution in [0.25, 0.3) is 16.7 Å². The number of aryl methyl sites for hydroxylation is 1. The van der Waals surface area contributed by atoms with Crippen molar-refractivity contribution in [2.45, 2.75) is 33.7 Å². The quantitative estimate of drug-likeness (QED) is 0.473. The van der Waals surface area contributed by atoms with E-state index in [9.17, 15) is 9.18 Å². The first-order valence-corrected chi connectivity index (χ1v) is 11.2. The van der Waals surface area contributed by atoms with E-state index in [1.165, 1.54) is 23.4 Å². The Bertz CT molecular complexity index is 1300. The van der Waals surface area contributed by atoms with E-state index in [-0.39, 0.29) is 11.6 Å². The van der Waals surface area contributed by atoms with E-state index in [0.717, 1.165) is 27.8 Å². The molecule has 1 heterocycles. The Morgan fingerprint density at radius 1 is 1.23 bits per heavy atom. The second-order valence-corrected chi connectivity index (χ2v) is 8.84. The average Bonchev–Trinajstić information content (AvgIpc) is 2.79. The van der Waals surface area contributed by atoms with Crippen LogP contribution in [0.15, 0.2) is 37.2 Å². The van der Waals surface area contributed by atoms with Crippen LogP contribution in [-0.4, -0.2) is 42.0 Å². The highest BCUT2D eigenvalue weighted by Crippen LogP contribution is 2.42. The molecular formula is C27H32FN5O2. The number of carbonyl (C=O) groups is 1. The van der Waals surface area contributed by atoms with Crippen molar-refractivity contribution in [3.63, 3.8) is 0 Å². The minimum Gasteiger partial charge on any atom is -0.496 e. The smallest absolute Gasteiger partial charge is 0.256 e. The van der Waals surface area contributed by atoms with Crippen molar-refractivity contribution in [2.24, 2.45) is 0 Å². The van der Waals surface area contributed by atoms with Crippen molar-refractivity contribution in [2.75, 3.05) is 32.3 Å². The number of anilines is 2. The first-order chi connectivity index (χ1) is 16.5. The molecule has 3 N–H and O–H groups in total. The van der Waals surface area contributed by atoms with Crippen LogP contribution < -0.4 is 15.8 Å². The van der Waals surface area contributed by atoms with Gasteiger partial charge < -0.3 is 20.7 Å². The summed E-state index contributed by atoms with van der Waals surface area (Å²) >= 11 is 0. The van der Waals surface area contributed by atoms with Gasteiger partial charge in [0.05, 0.1) is 24.3 Å². The molecule has 1 aromatic heterocycles. The van der Waals surface area contributed by atoms with Crippen LogP contribution in [0.5, 0.6) is 5.75 Å². The lowest BCUT2D eigenvalue weighted by atomic mass is 9.90. The lowest BCUT2D eigenvalue weighted by molar-refractivity contribution is 0.0823. The van der Waals surface area contributed by atoms with Gasteiger partial charge in [0.15, 0.2) is 0 Å². The van der Waals surface area contributed by atoms with Gasteiger partial charge in [-0.3, -0.25) is 4.79 Å². The second kappa shape index (κ2) is 10.1. The Labute approximate surface area is 205 Å². The van der Waals surface area contributed by atoms with Crippen LogP contribution in [0.3, 0.4) is 0 Å². The molecular weight excluding hydrogens is 445 g/mol. The topological polar surface area (TPSA) is 93.4 Å². The zero-order valence-electron chi connectivity index (χ0n) is 21.3. The van der Waals surface area contributed by atoms with E-state index >= 15 is 0 Å². The number of carbonyl (C=O) groups excluding carboxylic acids is 1. The first-order valence-electron chi connectivity index (χ1n) is 11.2. The van der Waals surface area contributed by atoms with Gasteiger partial charge in [-0.15, -0.1) is 0 Å². The maximum Gasteiger partial charge on any atom is 0.256 e. The van der Waals surface area contributed by atoms with Gasteiger partial charge >= 0.3 is 0 Å². The molecule has 35 heavy (non-hydrogen) atoms. The molecule has 184 valence electrons. The van der Waals surface area contributed by atoms with Gasteiger partial charge in [0.1, 0.15) is 29.5 Å². The van der Waals surface area contributed by atoms with E-state index in [1.54, 1.807) is 27.3 Å². The number of hydrogen-bond donors (Lipinski definition) is 2. The van der Waals surface area contributed by atoms with Crippen LogP contribution in [0, 0.1) is 19.7 Å². The van der Waals surface area contributed by atoms with E-state index in [2.05, 4.69) is 21.9 Å². The lowest BCUT2D eigenvalue weighted by Crippen LogP contribution is -2.22. The van der Waals surface area contributed by atoms with Crippen LogP contribution in [0.1, 0.15) is 52.5 Å². The molecule has 3 rings (SSSR count). The third-order valence-corrected chi connectivity index (χ3v) is 6.05. The molecule has 0 aliphatic rings. The molecule has 0 aliphatic carbocycles. The molecule has 1 unspecified atom stereocenters. The molecule has 7 nitrogen and oxygen atoms in total. The summed E-state index contributed by atoms with van der Waals surface area (Å²) in [6.07, 6.45) is 1.40.